The van der Waals surface area contributed by atoms with Gasteiger partial charge >= 0.3 is 0 Å². The van der Waals surface area contributed by atoms with Gasteiger partial charge in [0.15, 0.2) is 0 Å². The van der Waals surface area contributed by atoms with Gasteiger partial charge in [0.2, 0.25) is 5.91 Å². The SMILES string of the molecule is CN(CC(C)(C)C)C(=O)C(C)(C)CCN. The molecule has 3 nitrogen and oxygen atoms in total. The van der Waals surface area contributed by atoms with Crippen molar-refractivity contribution in [3.63, 3.8) is 0 Å². The van der Waals surface area contributed by atoms with Crippen LogP contribution in [0.4, 0.5) is 0 Å². The molecule has 0 aromatic rings. The summed E-state index contributed by atoms with van der Waals surface area (Å²) in [6, 6.07) is 0. The second-order valence-electron chi connectivity index (χ2n) is 6.14. The van der Waals surface area contributed by atoms with E-state index in [4.69, 9.17) is 5.73 Å². The molecule has 0 aliphatic heterocycles. The zero-order valence-electron chi connectivity index (χ0n) is 11.1. The molecule has 0 spiro atoms. The maximum absolute atomic E-state index is 12.1. The van der Waals surface area contributed by atoms with E-state index in [2.05, 4.69) is 20.8 Å². The molecular formula is C12H26N2O. The Morgan fingerprint density at radius 3 is 2.00 bits per heavy atom. The van der Waals surface area contributed by atoms with Gasteiger partial charge in [0.05, 0.1) is 0 Å². The summed E-state index contributed by atoms with van der Waals surface area (Å²) in [5.74, 6) is 0.183. The second-order valence-corrected chi connectivity index (χ2v) is 6.14. The third-order valence-corrected chi connectivity index (χ3v) is 2.41. The number of nitrogens with two attached hydrogens (primary N) is 1. The average molecular weight is 214 g/mol. The molecule has 0 saturated heterocycles. The monoisotopic (exact) mass is 214 g/mol. The third kappa shape index (κ3) is 5.17. The zero-order valence-corrected chi connectivity index (χ0v) is 11.1. The Balaban J connectivity index is 4.44. The van der Waals surface area contributed by atoms with Gasteiger partial charge in [0, 0.05) is 19.0 Å². The summed E-state index contributed by atoms with van der Waals surface area (Å²) in [5, 5.41) is 0. The fraction of sp³-hybridized carbons (Fsp3) is 0.917. The molecule has 0 radical (unpaired) electrons. The molecule has 0 bridgehead atoms. The summed E-state index contributed by atoms with van der Waals surface area (Å²) in [6.07, 6.45) is 0.736. The molecule has 0 heterocycles. The van der Waals surface area contributed by atoms with E-state index in [1.807, 2.05) is 25.8 Å². The Bertz CT molecular complexity index is 216. The van der Waals surface area contributed by atoms with Crippen LogP contribution >= 0.6 is 0 Å². The van der Waals surface area contributed by atoms with E-state index in [-0.39, 0.29) is 16.7 Å². The van der Waals surface area contributed by atoms with Gasteiger partial charge in [-0.25, -0.2) is 0 Å². The predicted molar refractivity (Wildman–Crippen MR) is 64.5 cm³/mol. The molecule has 0 aliphatic carbocycles. The van der Waals surface area contributed by atoms with Crippen molar-refractivity contribution in [3.05, 3.63) is 0 Å². The summed E-state index contributed by atoms with van der Waals surface area (Å²) in [5.41, 5.74) is 5.31. The molecule has 0 rings (SSSR count). The van der Waals surface area contributed by atoms with Crippen molar-refractivity contribution in [2.75, 3.05) is 20.1 Å². The number of rotatable bonds is 4. The van der Waals surface area contributed by atoms with Crippen LogP contribution < -0.4 is 5.73 Å². The van der Waals surface area contributed by atoms with Gasteiger partial charge < -0.3 is 10.6 Å². The van der Waals surface area contributed by atoms with Gasteiger partial charge in [-0.1, -0.05) is 34.6 Å². The highest BCUT2D eigenvalue weighted by Crippen LogP contribution is 2.24. The molecule has 0 aromatic heterocycles. The topological polar surface area (TPSA) is 46.3 Å². The predicted octanol–water partition coefficient (Wildman–Crippen LogP) is 1.87. The molecule has 3 heteroatoms. The normalized spacial score (nSPS) is 12.7. The van der Waals surface area contributed by atoms with Crippen molar-refractivity contribution < 1.29 is 4.79 Å². The lowest BCUT2D eigenvalue weighted by Gasteiger charge is -2.33. The number of carbonyl (C=O) groups is 1. The number of hydrogen-bond acceptors (Lipinski definition) is 2. The minimum Gasteiger partial charge on any atom is -0.345 e. The van der Waals surface area contributed by atoms with E-state index in [0.717, 1.165) is 13.0 Å². The minimum absolute atomic E-state index is 0.142. The molecule has 1 amide bonds. The van der Waals surface area contributed by atoms with Crippen LogP contribution in [0.1, 0.15) is 41.0 Å². The molecule has 2 N–H and O–H groups in total. The van der Waals surface area contributed by atoms with Gasteiger partial charge in [0.25, 0.3) is 0 Å². The van der Waals surface area contributed by atoms with Crippen molar-refractivity contribution in [1.29, 1.82) is 0 Å². The minimum atomic E-state index is -0.339. The first-order chi connectivity index (χ1) is 6.60. The molecule has 0 aliphatic rings. The highest BCUT2D eigenvalue weighted by atomic mass is 16.2. The van der Waals surface area contributed by atoms with Crippen LogP contribution in [0.2, 0.25) is 0 Å². The lowest BCUT2D eigenvalue weighted by atomic mass is 9.86. The van der Waals surface area contributed by atoms with Gasteiger partial charge in [-0.3, -0.25) is 4.79 Å². The second kappa shape index (κ2) is 4.97. The molecule has 0 unspecified atom stereocenters. The van der Waals surface area contributed by atoms with E-state index in [1.165, 1.54) is 0 Å². The number of hydrogen-bond donors (Lipinski definition) is 1. The van der Waals surface area contributed by atoms with Crippen LogP contribution in [0.25, 0.3) is 0 Å². The Morgan fingerprint density at radius 1 is 1.20 bits per heavy atom. The largest absolute Gasteiger partial charge is 0.345 e. The maximum Gasteiger partial charge on any atom is 0.228 e. The van der Waals surface area contributed by atoms with Gasteiger partial charge in [-0.15, -0.1) is 0 Å². The summed E-state index contributed by atoms with van der Waals surface area (Å²) < 4.78 is 0. The van der Waals surface area contributed by atoms with Crippen LogP contribution in [-0.2, 0) is 4.79 Å². The van der Waals surface area contributed by atoms with Crippen LogP contribution in [-0.4, -0.2) is 30.9 Å². The van der Waals surface area contributed by atoms with Crippen LogP contribution in [0.5, 0.6) is 0 Å². The standard InChI is InChI=1S/C12H26N2O/c1-11(2,3)9-14(6)10(15)12(4,5)7-8-13/h7-9,13H2,1-6H3. The number of carbonyl (C=O) groups excluding carboxylic acids is 1. The number of nitrogens with zero attached hydrogens (tertiary/aromatic N) is 1. The quantitative estimate of drug-likeness (QED) is 0.776. The van der Waals surface area contributed by atoms with Crippen LogP contribution in [0.15, 0.2) is 0 Å². The van der Waals surface area contributed by atoms with Crippen LogP contribution in [0.3, 0.4) is 0 Å². The Hall–Kier alpha value is -0.570. The van der Waals surface area contributed by atoms with Gasteiger partial charge in [0.1, 0.15) is 0 Å². The van der Waals surface area contributed by atoms with Crippen molar-refractivity contribution in [3.8, 4) is 0 Å². The average Bonchev–Trinajstić information content (AvgIpc) is 1.99. The molecule has 15 heavy (non-hydrogen) atoms. The van der Waals surface area contributed by atoms with Crippen molar-refractivity contribution in [1.82, 2.24) is 4.90 Å². The Morgan fingerprint density at radius 2 is 1.67 bits per heavy atom. The zero-order chi connectivity index (χ0) is 12.3. The van der Waals surface area contributed by atoms with Crippen molar-refractivity contribution in [2.24, 2.45) is 16.6 Å². The molecule has 0 saturated carbocycles. The molecular weight excluding hydrogens is 188 g/mol. The summed E-state index contributed by atoms with van der Waals surface area (Å²) in [7, 11) is 1.87. The van der Waals surface area contributed by atoms with Crippen LogP contribution in [0, 0.1) is 10.8 Å². The number of amides is 1. The van der Waals surface area contributed by atoms with E-state index < -0.39 is 0 Å². The fourth-order valence-electron chi connectivity index (χ4n) is 1.77. The highest BCUT2D eigenvalue weighted by Gasteiger charge is 2.30. The van der Waals surface area contributed by atoms with Crippen molar-refractivity contribution in [2.45, 2.75) is 41.0 Å². The molecule has 90 valence electrons. The Kier molecular flexibility index (Phi) is 4.78. The first-order valence-electron chi connectivity index (χ1n) is 5.56. The van der Waals surface area contributed by atoms with Crippen molar-refractivity contribution >= 4 is 5.91 Å². The van der Waals surface area contributed by atoms with E-state index in [0.29, 0.717) is 6.54 Å². The van der Waals surface area contributed by atoms with E-state index in [1.54, 1.807) is 0 Å². The first-order valence-corrected chi connectivity index (χ1v) is 5.56. The molecule has 0 atom stereocenters. The summed E-state index contributed by atoms with van der Waals surface area (Å²) in [4.78, 5) is 13.9. The third-order valence-electron chi connectivity index (χ3n) is 2.41. The molecule has 0 aromatic carbocycles. The lowest BCUT2D eigenvalue weighted by Crippen LogP contribution is -2.43. The summed E-state index contributed by atoms with van der Waals surface area (Å²) >= 11 is 0. The van der Waals surface area contributed by atoms with Gasteiger partial charge in [-0.05, 0) is 18.4 Å². The Labute approximate surface area is 94.0 Å². The molecule has 0 fully saturated rings. The fourth-order valence-corrected chi connectivity index (χ4v) is 1.77. The lowest BCUT2D eigenvalue weighted by molar-refractivity contribution is -0.140. The smallest absolute Gasteiger partial charge is 0.228 e. The van der Waals surface area contributed by atoms with Gasteiger partial charge in [-0.2, -0.15) is 0 Å². The first kappa shape index (κ1) is 14.4. The highest BCUT2D eigenvalue weighted by molar-refractivity contribution is 5.81. The maximum atomic E-state index is 12.1. The van der Waals surface area contributed by atoms with E-state index >= 15 is 0 Å². The van der Waals surface area contributed by atoms with E-state index in [9.17, 15) is 4.79 Å². The summed E-state index contributed by atoms with van der Waals surface area (Å²) in [6.45, 7) is 11.6.